The van der Waals surface area contributed by atoms with Crippen molar-refractivity contribution in [2.24, 2.45) is 17.8 Å². The van der Waals surface area contributed by atoms with Crippen molar-refractivity contribution in [3.63, 3.8) is 0 Å². The summed E-state index contributed by atoms with van der Waals surface area (Å²) in [5.41, 5.74) is 2.63. The van der Waals surface area contributed by atoms with Gasteiger partial charge in [-0.3, -0.25) is 4.79 Å². The number of hydrogen-bond donors (Lipinski definition) is 0. The van der Waals surface area contributed by atoms with Crippen LogP contribution in [0.4, 0.5) is 10.3 Å². The van der Waals surface area contributed by atoms with Crippen LogP contribution in [0, 0.1) is 30.5 Å². The lowest BCUT2D eigenvalue weighted by Gasteiger charge is -2.35. The largest absolute Gasteiger partial charge is 0.493 e. The van der Waals surface area contributed by atoms with Crippen molar-refractivity contribution in [1.82, 2.24) is 19.4 Å². The third-order valence-corrected chi connectivity index (χ3v) is 8.96. The highest BCUT2D eigenvalue weighted by Gasteiger charge is 2.43. The highest BCUT2D eigenvalue weighted by molar-refractivity contribution is 5.79. The van der Waals surface area contributed by atoms with Gasteiger partial charge in [0.1, 0.15) is 11.6 Å². The molecule has 3 aromatic rings. The number of piperidine rings is 1. The summed E-state index contributed by atoms with van der Waals surface area (Å²) >= 11 is 0. The topological polar surface area (TPSA) is 63.5 Å². The Morgan fingerprint density at radius 2 is 1.90 bits per heavy atom. The zero-order valence-corrected chi connectivity index (χ0v) is 22.9. The fraction of sp³-hybridized carbons (Fsp3) is 0.516. The van der Waals surface area contributed by atoms with Gasteiger partial charge >= 0.3 is 0 Å². The molecule has 1 unspecified atom stereocenters. The molecule has 1 saturated carbocycles. The zero-order valence-electron chi connectivity index (χ0n) is 22.9. The van der Waals surface area contributed by atoms with Crippen molar-refractivity contribution in [2.75, 3.05) is 31.1 Å². The molecule has 2 fully saturated rings. The lowest BCUT2D eigenvalue weighted by Crippen LogP contribution is -2.41. The first-order chi connectivity index (χ1) is 19.0. The van der Waals surface area contributed by atoms with Crippen LogP contribution in [0.25, 0.3) is 0 Å². The van der Waals surface area contributed by atoms with Crippen LogP contribution in [-0.2, 0) is 17.8 Å². The fourth-order valence-corrected chi connectivity index (χ4v) is 6.53. The molecular formula is C31H38FN5O2. The number of ether oxygens (including phenoxy) is 1. The van der Waals surface area contributed by atoms with Crippen LogP contribution in [-0.4, -0.2) is 51.6 Å². The Kier molecular flexibility index (Phi) is 7.28. The molecule has 0 radical (unpaired) electrons. The normalized spacial score (nSPS) is 23.0. The van der Waals surface area contributed by atoms with E-state index >= 15 is 0 Å². The SMILES string of the molecule is Cc1cnc(N2CCC([C@H]3C[C@H]3CCOc3ccc(CC(=O)N4CCn5cccc5C4C)c(F)c3)CC2)nc1. The van der Waals surface area contributed by atoms with Gasteiger partial charge in [0.05, 0.1) is 19.1 Å². The van der Waals surface area contributed by atoms with E-state index in [4.69, 9.17) is 4.74 Å². The second kappa shape index (κ2) is 11.0. The van der Waals surface area contributed by atoms with E-state index in [0.717, 1.165) is 55.1 Å². The van der Waals surface area contributed by atoms with E-state index in [9.17, 15) is 9.18 Å². The average Bonchev–Trinajstić information content (AvgIpc) is 3.54. The summed E-state index contributed by atoms with van der Waals surface area (Å²) in [6, 6.07) is 8.97. The fourth-order valence-electron chi connectivity index (χ4n) is 6.53. The van der Waals surface area contributed by atoms with E-state index in [1.165, 1.54) is 25.3 Å². The molecule has 7 nitrogen and oxygen atoms in total. The number of halogens is 1. The molecule has 0 N–H and O–H groups in total. The van der Waals surface area contributed by atoms with Gasteiger partial charge in [-0.05, 0) is 86.6 Å². The Hall–Kier alpha value is -3.42. The molecule has 3 atom stereocenters. The molecule has 1 aliphatic carbocycles. The van der Waals surface area contributed by atoms with Gasteiger partial charge in [-0.1, -0.05) is 6.07 Å². The number of benzene rings is 1. The summed E-state index contributed by atoms with van der Waals surface area (Å²) in [5, 5.41) is 0. The molecule has 1 saturated heterocycles. The van der Waals surface area contributed by atoms with Crippen molar-refractivity contribution in [1.29, 1.82) is 0 Å². The summed E-state index contributed by atoms with van der Waals surface area (Å²) < 4.78 is 23.0. The quantitative estimate of drug-likeness (QED) is 0.400. The van der Waals surface area contributed by atoms with E-state index < -0.39 is 0 Å². The maximum Gasteiger partial charge on any atom is 0.227 e. The number of amides is 1. The maximum atomic E-state index is 14.9. The van der Waals surface area contributed by atoms with Crippen LogP contribution in [0.3, 0.4) is 0 Å². The van der Waals surface area contributed by atoms with Gasteiger partial charge < -0.3 is 19.1 Å². The standard InChI is InChI=1S/C31H38FN5O2/c1-21-19-33-31(34-20-21)36-11-7-23(8-12-36)27-16-24(27)9-15-39-26-6-5-25(28(32)18-26)17-30(38)37-14-13-35-10-3-4-29(35)22(37)2/h3-6,10,18-20,22-24,27H,7-9,11-17H2,1-2H3/t22?,24-,27-/m1/s1. The Morgan fingerprint density at radius 1 is 1.10 bits per heavy atom. The average molecular weight is 532 g/mol. The van der Waals surface area contributed by atoms with Crippen LogP contribution >= 0.6 is 0 Å². The Bertz CT molecular complexity index is 1300. The summed E-state index contributed by atoms with van der Waals surface area (Å²) in [6.07, 6.45) is 10.5. The molecule has 6 rings (SSSR count). The number of carbonyl (C=O) groups excluding carboxylic acids is 1. The van der Waals surface area contributed by atoms with Crippen LogP contribution in [0.5, 0.6) is 5.75 Å². The van der Waals surface area contributed by atoms with E-state index in [2.05, 4.69) is 19.4 Å². The molecule has 2 aliphatic heterocycles. The number of carbonyl (C=O) groups is 1. The van der Waals surface area contributed by atoms with E-state index in [1.54, 1.807) is 12.1 Å². The zero-order chi connectivity index (χ0) is 26.9. The molecule has 1 aromatic carbocycles. The highest BCUT2D eigenvalue weighted by atomic mass is 19.1. The molecule has 206 valence electrons. The lowest BCUT2D eigenvalue weighted by molar-refractivity contribution is -0.133. The van der Waals surface area contributed by atoms with Gasteiger partial charge in [0.2, 0.25) is 11.9 Å². The first kappa shape index (κ1) is 25.8. The minimum atomic E-state index is -0.373. The molecule has 0 bridgehead atoms. The molecule has 0 spiro atoms. The minimum absolute atomic E-state index is 0.00655. The first-order valence-corrected chi connectivity index (χ1v) is 14.4. The number of anilines is 1. The molecule has 1 amide bonds. The monoisotopic (exact) mass is 531 g/mol. The van der Waals surface area contributed by atoms with Crippen molar-refractivity contribution in [3.05, 3.63) is 71.6 Å². The smallest absolute Gasteiger partial charge is 0.227 e. The summed E-state index contributed by atoms with van der Waals surface area (Å²) in [7, 11) is 0. The van der Waals surface area contributed by atoms with Crippen molar-refractivity contribution >= 4 is 11.9 Å². The van der Waals surface area contributed by atoms with Crippen LogP contribution < -0.4 is 9.64 Å². The molecule has 4 heterocycles. The van der Waals surface area contributed by atoms with Crippen LogP contribution in [0.2, 0.25) is 0 Å². The van der Waals surface area contributed by atoms with Crippen molar-refractivity contribution < 1.29 is 13.9 Å². The number of hydrogen-bond acceptors (Lipinski definition) is 5. The minimum Gasteiger partial charge on any atom is -0.493 e. The Morgan fingerprint density at radius 3 is 2.67 bits per heavy atom. The molecule has 2 aromatic heterocycles. The predicted octanol–water partition coefficient (Wildman–Crippen LogP) is 5.19. The summed E-state index contributed by atoms with van der Waals surface area (Å²) in [6.45, 7) is 8.10. The Balaban J connectivity index is 0.933. The number of fused-ring (bicyclic) bond motifs is 1. The van der Waals surface area contributed by atoms with Crippen LogP contribution in [0.1, 0.15) is 55.5 Å². The second-order valence-corrected chi connectivity index (χ2v) is 11.5. The number of nitrogens with zero attached hydrogens (tertiary/aromatic N) is 5. The molecular weight excluding hydrogens is 493 g/mol. The maximum absolute atomic E-state index is 14.9. The van der Waals surface area contributed by atoms with Crippen molar-refractivity contribution in [2.45, 2.75) is 58.5 Å². The van der Waals surface area contributed by atoms with E-state index in [-0.39, 0.29) is 24.2 Å². The van der Waals surface area contributed by atoms with E-state index in [0.29, 0.717) is 30.4 Å². The molecule has 3 aliphatic rings. The molecule has 39 heavy (non-hydrogen) atoms. The van der Waals surface area contributed by atoms with Gasteiger partial charge in [0.15, 0.2) is 0 Å². The molecule has 8 heteroatoms. The number of aromatic nitrogens is 3. The second-order valence-electron chi connectivity index (χ2n) is 11.5. The summed E-state index contributed by atoms with van der Waals surface area (Å²) in [4.78, 5) is 26.1. The predicted molar refractivity (Wildman–Crippen MR) is 148 cm³/mol. The van der Waals surface area contributed by atoms with Gasteiger partial charge in [-0.15, -0.1) is 0 Å². The first-order valence-electron chi connectivity index (χ1n) is 14.4. The third-order valence-electron chi connectivity index (χ3n) is 8.96. The van der Waals surface area contributed by atoms with Gasteiger partial charge in [-0.25, -0.2) is 14.4 Å². The number of aryl methyl sites for hydroxylation is 1. The highest BCUT2D eigenvalue weighted by Crippen LogP contribution is 2.49. The van der Waals surface area contributed by atoms with Gasteiger partial charge in [0, 0.05) is 56.5 Å². The van der Waals surface area contributed by atoms with E-state index in [1.807, 2.05) is 49.5 Å². The van der Waals surface area contributed by atoms with Crippen LogP contribution in [0.15, 0.2) is 48.9 Å². The van der Waals surface area contributed by atoms with Gasteiger partial charge in [-0.2, -0.15) is 0 Å². The van der Waals surface area contributed by atoms with Gasteiger partial charge in [0.25, 0.3) is 0 Å². The lowest BCUT2D eigenvalue weighted by atomic mass is 9.90. The number of rotatable bonds is 8. The Labute approximate surface area is 230 Å². The summed E-state index contributed by atoms with van der Waals surface area (Å²) in [5.74, 6) is 3.21. The third kappa shape index (κ3) is 5.65. The van der Waals surface area contributed by atoms with Crippen molar-refractivity contribution in [3.8, 4) is 5.75 Å².